The van der Waals surface area contributed by atoms with Crippen molar-refractivity contribution in [1.29, 1.82) is 0 Å². The van der Waals surface area contributed by atoms with Crippen molar-refractivity contribution in [2.75, 3.05) is 0 Å². The maximum atomic E-state index is 10.9. The Morgan fingerprint density at radius 2 is 1.80 bits per heavy atom. The van der Waals surface area contributed by atoms with E-state index in [0.29, 0.717) is 11.1 Å². The molecule has 0 bridgehead atoms. The molecule has 0 aliphatic heterocycles. The molecule has 0 aliphatic carbocycles. The number of hydrogen-bond acceptors (Lipinski definition) is 4. The highest BCUT2D eigenvalue weighted by molar-refractivity contribution is 7.00. The van der Waals surface area contributed by atoms with Gasteiger partial charge in [0, 0.05) is 5.56 Å². The Bertz CT molecular complexity index is 844. The minimum atomic E-state index is -0.945. The van der Waals surface area contributed by atoms with E-state index in [4.69, 9.17) is 11.5 Å². The number of carbonyl (C=O) groups is 1. The van der Waals surface area contributed by atoms with Gasteiger partial charge in [0.1, 0.15) is 11.0 Å². The third kappa shape index (κ3) is 1.92. The quantitative estimate of drug-likeness (QED) is 0.733. The second-order valence-corrected chi connectivity index (χ2v) is 4.68. The van der Waals surface area contributed by atoms with Gasteiger partial charge in [0.25, 0.3) is 0 Å². The molecule has 1 heterocycles. The van der Waals surface area contributed by atoms with Crippen molar-refractivity contribution in [1.82, 2.24) is 8.75 Å². The molecule has 1 aromatic heterocycles. The zero-order valence-electron chi connectivity index (χ0n) is 10.2. The summed E-state index contributed by atoms with van der Waals surface area (Å²) in [5.41, 5.74) is 4.19. The van der Waals surface area contributed by atoms with Gasteiger partial charge >= 0.3 is 5.97 Å². The number of aromatic carboxylic acids is 1. The van der Waals surface area contributed by atoms with Gasteiger partial charge in [-0.3, -0.25) is 0 Å². The van der Waals surface area contributed by atoms with Gasteiger partial charge in [-0.05, 0) is 23.8 Å². The molecule has 0 fully saturated rings. The minimum Gasteiger partial charge on any atom is -0.478 e. The molecule has 0 radical (unpaired) electrons. The average molecular weight is 280 g/mol. The first-order chi connectivity index (χ1) is 9.70. The summed E-state index contributed by atoms with van der Waals surface area (Å²) in [5, 5.41) is 8.91. The molecule has 5 heteroatoms. The molecule has 0 spiro atoms. The average Bonchev–Trinajstić information content (AvgIpc) is 2.95. The first kappa shape index (κ1) is 12.3. The Kier molecular flexibility index (Phi) is 2.93. The fourth-order valence-electron chi connectivity index (χ4n) is 2.01. The highest BCUT2D eigenvalue weighted by atomic mass is 32.1. The number of rotatable bonds is 2. The van der Waals surface area contributed by atoms with Crippen LogP contribution in [0.3, 0.4) is 0 Å². The summed E-state index contributed by atoms with van der Waals surface area (Å²) < 4.78 is 8.50. The van der Waals surface area contributed by atoms with Crippen LogP contribution >= 0.6 is 11.7 Å². The Balaban J connectivity index is 2.18. The summed E-state index contributed by atoms with van der Waals surface area (Å²) in [6.07, 6.45) is 5.44. The largest absolute Gasteiger partial charge is 0.478 e. The van der Waals surface area contributed by atoms with Crippen LogP contribution < -0.4 is 0 Å². The number of fused-ring (bicyclic) bond motifs is 1. The van der Waals surface area contributed by atoms with Crippen molar-refractivity contribution in [3.05, 3.63) is 47.5 Å². The maximum absolute atomic E-state index is 10.9. The second kappa shape index (κ2) is 4.76. The van der Waals surface area contributed by atoms with Gasteiger partial charge in [-0.25, -0.2) is 4.79 Å². The zero-order valence-corrected chi connectivity index (χ0v) is 11.0. The molecule has 0 unspecified atom stereocenters. The van der Waals surface area contributed by atoms with Gasteiger partial charge in [-0.15, -0.1) is 6.42 Å². The van der Waals surface area contributed by atoms with Crippen molar-refractivity contribution in [2.45, 2.75) is 0 Å². The van der Waals surface area contributed by atoms with E-state index in [1.807, 2.05) is 12.1 Å². The normalized spacial score (nSPS) is 10.3. The highest BCUT2D eigenvalue weighted by Gasteiger charge is 2.11. The first-order valence-electron chi connectivity index (χ1n) is 5.76. The Morgan fingerprint density at radius 3 is 2.45 bits per heavy atom. The van der Waals surface area contributed by atoms with Gasteiger partial charge in [-0.2, -0.15) is 8.75 Å². The molecule has 0 aliphatic rings. The first-order valence-corrected chi connectivity index (χ1v) is 6.49. The topological polar surface area (TPSA) is 63.1 Å². The van der Waals surface area contributed by atoms with E-state index in [-0.39, 0.29) is 5.56 Å². The molecule has 4 nitrogen and oxygen atoms in total. The van der Waals surface area contributed by atoms with Crippen LogP contribution in [0.2, 0.25) is 0 Å². The molecule has 0 saturated carbocycles. The van der Waals surface area contributed by atoms with E-state index in [0.717, 1.165) is 28.4 Å². The lowest BCUT2D eigenvalue weighted by atomic mass is 10.0. The van der Waals surface area contributed by atoms with Crippen LogP contribution in [0.4, 0.5) is 0 Å². The molecule has 3 rings (SSSR count). The smallest absolute Gasteiger partial charge is 0.335 e. The summed E-state index contributed by atoms with van der Waals surface area (Å²) in [4.78, 5) is 10.9. The minimum absolute atomic E-state index is 0.252. The molecule has 1 N–H and O–H groups in total. The van der Waals surface area contributed by atoms with Crippen molar-refractivity contribution in [3.63, 3.8) is 0 Å². The van der Waals surface area contributed by atoms with Gasteiger partial charge < -0.3 is 5.11 Å². The van der Waals surface area contributed by atoms with Gasteiger partial charge in [0.2, 0.25) is 0 Å². The Labute approximate surface area is 119 Å². The van der Waals surface area contributed by atoms with E-state index in [2.05, 4.69) is 14.7 Å². The zero-order chi connectivity index (χ0) is 14.1. The lowest BCUT2D eigenvalue weighted by molar-refractivity contribution is 0.0697. The van der Waals surface area contributed by atoms with Crippen LogP contribution in [0.1, 0.15) is 15.9 Å². The summed E-state index contributed by atoms with van der Waals surface area (Å²) in [5.74, 6) is 1.64. The van der Waals surface area contributed by atoms with E-state index in [1.165, 1.54) is 0 Å². The van der Waals surface area contributed by atoms with Crippen LogP contribution in [0.15, 0.2) is 36.4 Å². The van der Waals surface area contributed by atoms with Gasteiger partial charge in [-0.1, -0.05) is 24.1 Å². The number of carboxylic acid groups (broad SMARTS) is 1. The summed E-state index contributed by atoms with van der Waals surface area (Å²) in [6, 6.07) is 10.4. The maximum Gasteiger partial charge on any atom is 0.335 e. The third-order valence-corrected chi connectivity index (χ3v) is 3.54. The summed E-state index contributed by atoms with van der Waals surface area (Å²) in [7, 11) is 0. The van der Waals surface area contributed by atoms with Gasteiger partial charge in [0.05, 0.1) is 22.9 Å². The van der Waals surface area contributed by atoms with Crippen molar-refractivity contribution < 1.29 is 9.90 Å². The van der Waals surface area contributed by atoms with Crippen molar-refractivity contribution >= 4 is 28.7 Å². The monoisotopic (exact) mass is 280 g/mol. The molecule has 96 valence electrons. The number of hydrogen-bond donors (Lipinski definition) is 1. The van der Waals surface area contributed by atoms with E-state index in [1.54, 1.807) is 24.3 Å². The van der Waals surface area contributed by atoms with Crippen LogP contribution in [0, 0.1) is 12.3 Å². The highest BCUT2D eigenvalue weighted by Crippen LogP contribution is 2.29. The predicted molar refractivity (Wildman–Crippen MR) is 77.7 cm³/mol. The summed E-state index contributed by atoms with van der Waals surface area (Å²) in [6.45, 7) is 0. The molecule has 0 amide bonds. The third-order valence-electron chi connectivity index (χ3n) is 3.01. The molecule has 20 heavy (non-hydrogen) atoms. The lowest BCUT2D eigenvalue weighted by Gasteiger charge is -2.04. The fraction of sp³-hybridized carbons (Fsp3) is 0. The van der Waals surface area contributed by atoms with Crippen molar-refractivity contribution in [3.8, 4) is 23.5 Å². The van der Waals surface area contributed by atoms with E-state index in [9.17, 15) is 4.79 Å². The number of aromatic nitrogens is 2. The van der Waals surface area contributed by atoms with Crippen LogP contribution in [0.5, 0.6) is 0 Å². The molecule has 3 aromatic rings. The lowest BCUT2D eigenvalue weighted by Crippen LogP contribution is -1.95. The number of carboxylic acids is 1. The van der Waals surface area contributed by atoms with E-state index >= 15 is 0 Å². The Morgan fingerprint density at radius 1 is 1.10 bits per heavy atom. The molecular weight excluding hydrogens is 272 g/mol. The van der Waals surface area contributed by atoms with Gasteiger partial charge in [0.15, 0.2) is 0 Å². The molecule has 0 saturated heterocycles. The van der Waals surface area contributed by atoms with Crippen LogP contribution in [-0.2, 0) is 0 Å². The molecule has 2 aromatic carbocycles. The van der Waals surface area contributed by atoms with Crippen molar-refractivity contribution in [2.24, 2.45) is 0 Å². The van der Waals surface area contributed by atoms with Crippen LogP contribution in [0.25, 0.3) is 22.2 Å². The number of nitrogens with zero attached hydrogens (tertiary/aromatic N) is 2. The van der Waals surface area contributed by atoms with E-state index < -0.39 is 5.97 Å². The molecular formula is C15H8N2O2S. The second-order valence-electron chi connectivity index (χ2n) is 4.15. The Hall–Kier alpha value is -2.71. The number of benzene rings is 2. The number of terminal acetylenes is 1. The fourth-order valence-corrected chi connectivity index (χ4v) is 2.58. The predicted octanol–water partition coefficient (Wildman–Crippen LogP) is 3.04. The summed E-state index contributed by atoms with van der Waals surface area (Å²) >= 11 is 1.11. The van der Waals surface area contributed by atoms with Crippen LogP contribution in [-0.4, -0.2) is 19.8 Å². The molecule has 0 atom stereocenters. The standard InChI is InChI=1S/C15H8N2O2S/c1-2-9-7-8-12(14-13(9)16-20-17-14)10-3-5-11(6-4-10)15(18)19/h1,3-8H,(H,18,19). The SMILES string of the molecule is C#Cc1ccc(-c2ccc(C(=O)O)cc2)c2nsnc12.